The van der Waals surface area contributed by atoms with E-state index in [4.69, 9.17) is 10.5 Å². The molecule has 0 saturated carbocycles. The van der Waals surface area contributed by atoms with Crippen LogP contribution >= 0.6 is 0 Å². The van der Waals surface area contributed by atoms with Crippen molar-refractivity contribution in [3.63, 3.8) is 0 Å². The van der Waals surface area contributed by atoms with Crippen molar-refractivity contribution in [2.75, 3.05) is 17.2 Å². The first kappa shape index (κ1) is 13.6. The molecule has 2 aliphatic rings. The van der Waals surface area contributed by atoms with Gasteiger partial charge in [-0.1, -0.05) is 6.92 Å². The lowest BCUT2D eigenvalue weighted by atomic mass is 9.99. The number of anilines is 2. The van der Waals surface area contributed by atoms with E-state index >= 15 is 0 Å². The second-order valence-electron chi connectivity index (χ2n) is 5.99. The number of nitrogens with two attached hydrogens (primary N) is 1. The molecule has 0 aromatic heterocycles. The number of nitrogens with zero attached hydrogens (tertiary/aromatic N) is 1. The molecule has 2 atom stereocenters. The maximum Gasteiger partial charge on any atom is 0.144 e. The average molecular weight is 276 g/mol. The van der Waals surface area contributed by atoms with Gasteiger partial charge in [-0.25, -0.2) is 0 Å². The number of piperidine rings is 1. The second-order valence-corrected chi connectivity index (χ2v) is 5.99. The molecule has 0 amide bonds. The minimum atomic E-state index is -0.131. The van der Waals surface area contributed by atoms with Crippen molar-refractivity contribution >= 4 is 11.4 Å². The second kappa shape index (κ2) is 5.52. The van der Waals surface area contributed by atoms with Crippen LogP contribution in [0.15, 0.2) is 18.2 Å². The Morgan fingerprint density at radius 1 is 1.30 bits per heavy atom. The van der Waals surface area contributed by atoms with E-state index in [2.05, 4.69) is 24.0 Å². The lowest BCUT2D eigenvalue weighted by Gasteiger charge is -2.39. The summed E-state index contributed by atoms with van der Waals surface area (Å²) in [5, 5.41) is 9.90. The van der Waals surface area contributed by atoms with Crippen molar-refractivity contribution in [1.29, 1.82) is 0 Å². The van der Waals surface area contributed by atoms with Crippen LogP contribution in [-0.4, -0.2) is 29.9 Å². The molecule has 1 aromatic carbocycles. The summed E-state index contributed by atoms with van der Waals surface area (Å²) in [5.41, 5.74) is 7.87. The van der Waals surface area contributed by atoms with E-state index in [1.807, 2.05) is 6.07 Å². The highest BCUT2D eigenvalue weighted by Gasteiger charge is 2.40. The standard InChI is InChI=1S/C16H24N2O2/c1-2-7-20-16-10-13(5-6-15(16)17)18-11-3-4-12(18)9-14(19)8-11/h5-6,10-12,14,19H,2-4,7-9,17H2,1H3. The average Bonchev–Trinajstić information content (AvgIpc) is 2.70. The Bertz CT molecular complexity index is 464. The quantitative estimate of drug-likeness (QED) is 0.830. The van der Waals surface area contributed by atoms with Gasteiger partial charge in [0.2, 0.25) is 0 Å². The van der Waals surface area contributed by atoms with E-state index in [1.54, 1.807) is 0 Å². The van der Waals surface area contributed by atoms with Crippen molar-refractivity contribution < 1.29 is 9.84 Å². The van der Waals surface area contributed by atoms with Gasteiger partial charge in [0.15, 0.2) is 0 Å². The van der Waals surface area contributed by atoms with Gasteiger partial charge < -0.3 is 20.5 Å². The maximum absolute atomic E-state index is 9.90. The Balaban J connectivity index is 1.83. The lowest BCUT2D eigenvalue weighted by molar-refractivity contribution is 0.126. The highest BCUT2D eigenvalue weighted by molar-refractivity contribution is 5.63. The Kier molecular flexibility index (Phi) is 3.74. The zero-order valence-electron chi connectivity index (χ0n) is 12.1. The normalized spacial score (nSPS) is 28.7. The van der Waals surface area contributed by atoms with Crippen LogP contribution in [0.1, 0.15) is 39.0 Å². The van der Waals surface area contributed by atoms with Gasteiger partial charge in [0, 0.05) is 23.8 Å². The van der Waals surface area contributed by atoms with Crippen LogP contribution in [0.4, 0.5) is 11.4 Å². The highest BCUT2D eigenvalue weighted by Crippen LogP contribution is 2.41. The van der Waals surface area contributed by atoms with Crippen LogP contribution in [0.25, 0.3) is 0 Å². The smallest absolute Gasteiger partial charge is 0.144 e. The molecular formula is C16H24N2O2. The van der Waals surface area contributed by atoms with Crippen molar-refractivity contribution in [2.24, 2.45) is 0 Å². The van der Waals surface area contributed by atoms with Crippen LogP contribution < -0.4 is 15.4 Å². The maximum atomic E-state index is 9.90. The fraction of sp³-hybridized carbons (Fsp3) is 0.625. The molecule has 110 valence electrons. The summed E-state index contributed by atoms with van der Waals surface area (Å²) in [7, 11) is 0. The molecule has 2 heterocycles. The summed E-state index contributed by atoms with van der Waals surface area (Å²) in [6.07, 6.45) is 4.96. The van der Waals surface area contributed by atoms with Gasteiger partial charge >= 0.3 is 0 Å². The van der Waals surface area contributed by atoms with Crippen LogP contribution in [0.3, 0.4) is 0 Å². The van der Waals surface area contributed by atoms with E-state index in [1.165, 1.54) is 18.5 Å². The zero-order chi connectivity index (χ0) is 14.1. The molecule has 2 unspecified atom stereocenters. The van der Waals surface area contributed by atoms with Gasteiger partial charge in [0.05, 0.1) is 18.4 Å². The van der Waals surface area contributed by atoms with Gasteiger partial charge in [-0.05, 0) is 44.2 Å². The summed E-state index contributed by atoms with van der Waals surface area (Å²) >= 11 is 0. The van der Waals surface area contributed by atoms with Gasteiger partial charge in [0.1, 0.15) is 5.75 Å². The van der Waals surface area contributed by atoms with Crippen molar-refractivity contribution in [1.82, 2.24) is 0 Å². The summed E-state index contributed by atoms with van der Waals surface area (Å²) in [4.78, 5) is 2.46. The van der Waals surface area contributed by atoms with Crippen LogP contribution in [-0.2, 0) is 0 Å². The van der Waals surface area contributed by atoms with E-state index in [0.717, 1.165) is 25.0 Å². The lowest BCUT2D eigenvalue weighted by Crippen LogP contribution is -2.44. The fourth-order valence-corrected chi connectivity index (χ4v) is 3.59. The fourth-order valence-electron chi connectivity index (χ4n) is 3.59. The van der Waals surface area contributed by atoms with Gasteiger partial charge in [-0.3, -0.25) is 0 Å². The van der Waals surface area contributed by atoms with E-state index < -0.39 is 0 Å². The summed E-state index contributed by atoms with van der Waals surface area (Å²) in [5.74, 6) is 0.787. The number of hydrogen-bond acceptors (Lipinski definition) is 4. The first-order chi connectivity index (χ1) is 9.69. The monoisotopic (exact) mass is 276 g/mol. The molecule has 2 saturated heterocycles. The first-order valence-electron chi connectivity index (χ1n) is 7.67. The van der Waals surface area contributed by atoms with E-state index in [-0.39, 0.29) is 6.10 Å². The number of nitrogen functional groups attached to an aromatic ring is 1. The number of benzene rings is 1. The number of aliphatic hydroxyl groups excluding tert-OH is 1. The van der Waals surface area contributed by atoms with Gasteiger partial charge in [0.25, 0.3) is 0 Å². The summed E-state index contributed by atoms with van der Waals surface area (Å²) < 4.78 is 5.73. The van der Waals surface area contributed by atoms with Crippen molar-refractivity contribution in [3.05, 3.63) is 18.2 Å². The number of rotatable bonds is 4. The molecule has 2 fully saturated rings. The largest absolute Gasteiger partial charge is 0.491 e. The molecule has 2 aliphatic heterocycles. The third-order valence-electron chi connectivity index (χ3n) is 4.47. The Hall–Kier alpha value is -1.42. The number of aliphatic hydroxyl groups is 1. The van der Waals surface area contributed by atoms with Gasteiger partial charge in [-0.15, -0.1) is 0 Å². The SMILES string of the molecule is CCCOc1cc(N2C3CCC2CC(O)C3)ccc1N. The predicted molar refractivity (Wildman–Crippen MR) is 81.2 cm³/mol. The van der Waals surface area contributed by atoms with E-state index in [0.29, 0.717) is 24.4 Å². The van der Waals surface area contributed by atoms with Crippen LogP contribution in [0.5, 0.6) is 5.75 Å². The van der Waals surface area contributed by atoms with Crippen LogP contribution in [0, 0.1) is 0 Å². The van der Waals surface area contributed by atoms with Crippen molar-refractivity contribution in [2.45, 2.75) is 57.2 Å². The molecule has 1 aromatic rings. The Morgan fingerprint density at radius 3 is 2.65 bits per heavy atom. The minimum Gasteiger partial charge on any atom is -0.491 e. The van der Waals surface area contributed by atoms with E-state index in [9.17, 15) is 5.11 Å². The molecule has 0 aliphatic carbocycles. The predicted octanol–water partition coefficient (Wildman–Crippen LogP) is 2.55. The molecule has 3 rings (SSSR count). The third kappa shape index (κ3) is 2.44. The molecule has 20 heavy (non-hydrogen) atoms. The number of fused-ring (bicyclic) bond motifs is 2. The highest BCUT2D eigenvalue weighted by atomic mass is 16.5. The topological polar surface area (TPSA) is 58.7 Å². The number of hydrogen-bond donors (Lipinski definition) is 2. The summed E-state index contributed by atoms with van der Waals surface area (Å²) in [6, 6.07) is 7.01. The van der Waals surface area contributed by atoms with Crippen LogP contribution in [0.2, 0.25) is 0 Å². The molecule has 0 spiro atoms. The third-order valence-corrected chi connectivity index (χ3v) is 4.47. The van der Waals surface area contributed by atoms with Gasteiger partial charge in [-0.2, -0.15) is 0 Å². The molecule has 4 nitrogen and oxygen atoms in total. The Morgan fingerprint density at radius 2 is 2.00 bits per heavy atom. The molecule has 3 N–H and O–H groups in total. The molecule has 0 radical (unpaired) electrons. The Labute approximate surface area is 120 Å². The number of ether oxygens (including phenoxy) is 1. The van der Waals surface area contributed by atoms with Crippen molar-refractivity contribution in [3.8, 4) is 5.75 Å². The molecule has 4 heteroatoms. The molecule has 2 bridgehead atoms. The summed E-state index contributed by atoms with van der Waals surface area (Å²) in [6.45, 7) is 2.78. The zero-order valence-corrected chi connectivity index (χ0v) is 12.1. The first-order valence-corrected chi connectivity index (χ1v) is 7.67. The minimum absolute atomic E-state index is 0.131. The molecular weight excluding hydrogens is 252 g/mol.